The molecule has 0 heterocycles. The van der Waals surface area contributed by atoms with E-state index in [0.717, 1.165) is 6.32 Å². The Morgan fingerprint density at radius 1 is 1.83 bits per heavy atom. The topological polar surface area (TPSA) is 0 Å². The van der Waals surface area contributed by atoms with Crippen LogP contribution in [0.25, 0.3) is 0 Å². The van der Waals surface area contributed by atoms with Crippen molar-refractivity contribution in [2.45, 2.75) is 12.6 Å². The second-order valence-electron chi connectivity index (χ2n) is 1.20. The number of rotatable bonds is 2. The third kappa shape index (κ3) is 3.78. The van der Waals surface area contributed by atoms with Crippen molar-refractivity contribution in [1.29, 1.82) is 0 Å². The van der Waals surface area contributed by atoms with Gasteiger partial charge in [0.05, 0.1) is 0 Å². The molecule has 30 valence electrons. The van der Waals surface area contributed by atoms with Gasteiger partial charge < -0.3 is 0 Å². The van der Waals surface area contributed by atoms with Crippen molar-refractivity contribution in [2.75, 3.05) is 0 Å². The van der Waals surface area contributed by atoms with E-state index in [2.05, 4.69) is 20.0 Å². The summed E-state index contributed by atoms with van der Waals surface area (Å²) in [6.07, 6.45) is 2.31. The Balaban J connectivity index is 2.86. The minimum atomic E-state index is 1.11. The van der Waals surface area contributed by atoms with Gasteiger partial charge in [0.2, 0.25) is 0 Å². The maximum absolute atomic E-state index is 3.42. The molecule has 0 aliphatic heterocycles. The van der Waals surface area contributed by atoms with Crippen LogP contribution in [0.2, 0.25) is 12.6 Å². The summed E-state index contributed by atoms with van der Waals surface area (Å²) in [6, 6.07) is 0. The zero-order valence-corrected chi connectivity index (χ0v) is 4.20. The molecule has 0 rings (SSSR count). The van der Waals surface area contributed by atoms with Crippen molar-refractivity contribution >= 4 is 20.4 Å². The first-order chi connectivity index (χ1) is 2.91. The van der Waals surface area contributed by atoms with Crippen molar-refractivity contribution in [3.8, 4) is 0 Å². The first-order valence-corrected chi connectivity index (χ1v) is 2.26. The van der Waals surface area contributed by atoms with Gasteiger partial charge in [-0.15, -0.1) is 0 Å². The molecular weight excluding hydrogens is 69.7 g/mol. The van der Waals surface area contributed by atoms with Crippen LogP contribution in [0.1, 0.15) is 0 Å². The summed E-state index contributed by atoms with van der Waals surface area (Å²) in [6.45, 7) is 5.36. The van der Waals surface area contributed by atoms with Gasteiger partial charge in [0.1, 0.15) is 0 Å². The Morgan fingerprint density at radius 2 is 2.50 bits per heavy atom. The zero-order chi connectivity index (χ0) is 4.83. The molecule has 0 aliphatic carbocycles. The van der Waals surface area contributed by atoms with Gasteiger partial charge in [0, 0.05) is 0 Å². The molecular formula is C4H8B2. The standard InChI is InChI=1S/C4H8B2/c1-2-6-4-3-5/h1,3-5H2. The summed E-state index contributed by atoms with van der Waals surface area (Å²) in [5, 5.41) is 0. The molecule has 0 saturated heterocycles. The van der Waals surface area contributed by atoms with Gasteiger partial charge in [-0.3, -0.25) is 0 Å². The van der Waals surface area contributed by atoms with Gasteiger partial charge in [-0.25, -0.2) is 0 Å². The van der Waals surface area contributed by atoms with Gasteiger partial charge in [0.25, 0.3) is 0 Å². The summed E-state index contributed by atoms with van der Waals surface area (Å²) < 4.78 is 0. The van der Waals surface area contributed by atoms with Crippen LogP contribution in [-0.4, -0.2) is 20.4 Å². The van der Waals surface area contributed by atoms with E-state index >= 15 is 0 Å². The first kappa shape index (κ1) is 5.78. The van der Waals surface area contributed by atoms with E-state index in [1.54, 1.807) is 0 Å². The molecule has 0 atom stereocenters. The predicted molar refractivity (Wildman–Crippen MR) is 34.5 cm³/mol. The quantitative estimate of drug-likeness (QED) is 0.399. The van der Waals surface area contributed by atoms with Crippen LogP contribution < -0.4 is 0 Å². The minimum absolute atomic E-state index is 1.11. The SMILES string of the molecule is BCCB=C=C. The molecule has 0 aromatic carbocycles. The van der Waals surface area contributed by atoms with Crippen LogP contribution in [-0.2, 0) is 0 Å². The van der Waals surface area contributed by atoms with Crippen LogP contribution in [0, 0.1) is 0 Å². The maximum atomic E-state index is 3.42. The van der Waals surface area contributed by atoms with Crippen molar-refractivity contribution < 1.29 is 0 Å². The van der Waals surface area contributed by atoms with E-state index < -0.39 is 0 Å². The van der Waals surface area contributed by atoms with E-state index in [9.17, 15) is 0 Å². The first-order valence-electron chi connectivity index (χ1n) is 2.26. The predicted octanol–water partition coefficient (Wildman–Crippen LogP) is -0.253. The van der Waals surface area contributed by atoms with Crippen LogP contribution >= 0.6 is 0 Å². The Morgan fingerprint density at radius 3 is 2.67 bits per heavy atom. The summed E-state index contributed by atoms with van der Waals surface area (Å²) in [7, 11) is 2.13. The van der Waals surface area contributed by atoms with Gasteiger partial charge in [0.15, 0.2) is 0 Å². The molecule has 0 saturated carbocycles. The molecule has 0 radical (unpaired) electrons. The van der Waals surface area contributed by atoms with Crippen LogP contribution in [0.4, 0.5) is 0 Å². The summed E-state index contributed by atoms with van der Waals surface area (Å²) in [5.74, 6) is 0. The number of hydrogen-bond donors (Lipinski definition) is 0. The van der Waals surface area contributed by atoms with E-state index in [1.807, 2.05) is 6.92 Å². The van der Waals surface area contributed by atoms with E-state index in [4.69, 9.17) is 0 Å². The molecule has 0 spiro atoms. The Labute approximate surface area is 40.6 Å². The van der Waals surface area contributed by atoms with Crippen LogP contribution in [0.5, 0.6) is 0 Å². The third-order valence-electron chi connectivity index (χ3n) is 0.577. The van der Waals surface area contributed by atoms with E-state index in [1.165, 1.54) is 6.32 Å². The fourth-order valence-electron chi connectivity index (χ4n) is 0.246. The Hall–Kier alpha value is -0.220. The van der Waals surface area contributed by atoms with Crippen LogP contribution in [0.15, 0.2) is 6.58 Å². The second kappa shape index (κ2) is 4.78. The molecule has 0 unspecified atom stereocenters. The summed E-state index contributed by atoms with van der Waals surface area (Å²) >= 11 is 0. The van der Waals surface area contributed by atoms with Crippen LogP contribution in [0.3, 0.4) is 0 Å². The molecule has 0 N–H and O–H groups in total. The Kier molecular flexibility index (Phi) is 4.60. The normalized spacial score (nSPS) is 6.00. The fraction of sp³-hybridized carbons (Fsp3) is 0.500. The van der Waals surface area contributed by atoms with Gasteiger partial charge in [-0.1, -0.05) is 0 Å². The van der Waals surface area contributed by atoms with E-state index in [-0.39, 0.29) is 0 Å². The van der Waals surface area contributed by atoms with Gasteiger partial charge in [-0.2, -0.15) is 0 Å². The van der Waals surface area contributed by atoms with Gasteiger partial charge in [-0.05, 0) is 0 Å². The average Bonchev–Trinajstić information content (AvgIpc) is 1.61. The number of hydrogen-bond acceptors (Lipinski definition) is 0. The molecule has 0 aromatic rings. The molecule has 0 aliphatic rings. The zero-order valence-electron chi connectivity index (χ0n) is 4.20. The van der Waals surface area contributed by atoms with Crippen molar-refractivity contribution in [3.05, 3.63) is 6.58 Å². The van der Waals surface area contributed by atoms with Gasteiger partial charge >= 0.3 is 39.6 Å². The summed E-state index contributed by atoms with van der Waals surface area (Å²) in [4.78, 5) is 0. The Bertz CT molecular complexity index is 61.9. The second-order valence-corrected chi connectivity index (χ2v) is 1.20. The molecule has 0 amide bonds. The van der Waals surface area contributed by atoms with Crippen molar-refractivity contribution in [2.24, 2.45) is 0 Å². The van der Waals surface area contributed by atoms with Crippen molar-refractivity contribution in [1.82, 2.24) is 0 Å². The summed E-state index contributed by atoms with van der Waals surface area (Å²) in [5.41, 5.74) is 2.69. The van der Waals surface area contributed by atoms with Crippen molar-refractivity contribution in [3.63, 3.8) is 0 Å². The molecule has 0 nitrogen and oxygen atoms in total. The van der Waals surface area contributed by atoms with E-state index in [0.29, 0.717) is 0 Å². The monoisotopic (exact) mass is 78.1 g/mol. The molecule has 2 heteroatoms. The average molecular weight is 77.7 g/mol. The molecule has 0 aromatic heterocycles. The third-order valence-corrected chi connectivity index (χ3v) is 0.577. The molecule has 0 bridgehead atoms. The molecule has 0 fully saturated rings. The molecule has 6 heavy (non-hydrogen) atoms. The fourth-order valence-corrected chi connectivity index (χ4v) is 0.246.